The van der Waals surface area contributed by atoms with Crippen LogP contribution in [0.4, 0.5) is 0 Å². The third kappa shape index (κ3) is 18.5. The number of nitrogens with one attached hydrogen (secondary N) is 11. The van der Waals surface area contributed by atoms with Crippen molar-refractivity contribution in [3.8, 4) is 5.75 Å². The van der Waals surface area contributed by atoms with Crippen LogP contribution < -0.4 is 59.3 Å². The van der Waals surface area contributed by atoms with Crippen LogP contribution in [0.25, 0.3) is 10.9 Å². The summed E-state index contributed by atoms with van der Waals surface area (Å²) in [7, 11) is 0. The van der Waals surface area contributed by atoms with Crippen LogP contribution >= 0.6 is 0 Å². The molecule has 0 spiro atoms. The van der Waals surface area contributed by atoms with Gasteiger partial charge in [-0.05, 0) is 87.6 Å². The Hall–Kier alpha value is -9.08. The molecule has 2 aromatic carbocycles. The third-order valence-electron chi connectivity index (χ3n) is 14.3. The number of phenolic OH excluding ortho intramolecular Hbond substituents is 1. The molecule has 2 fully saturated rings. The van der Waals surface area contributed by atoms with Crippen molar-refractivity contribution in [2.45, 2.75) is 146 Å². The van der Waals surface area contributed by atoms with Crippen molar-refractivity contribution in [1.82, 2.24) is 67.7 Å². The number of para-hydroxylation sites is 1. The Morgan fingerprint density at radius 1 is 0.738 bits per heavy atom. The molecule has 2 saturated heterocycles. The molecule has 0 bridgehead atoms. The van der Waals surface area contributed by atoms with Gasteiger partial charge < -0.3 is 84.4 Å². The number of benzene rings is 2. The highest BCUT2D eigenvalue weighted by Gasteiger charge is 2.39. The number of aromatic hydroxyl groups is 1. The number of guanidine groups is 1. The van der Waals surface area contributed by atoms with Gasteiger partial charge in [0.2, 0.25) is 59.1 Å². The van der Waals surface area contributed by atoms with Gasteiger partial charge >= 0.3 is 0 Å². The number of aromatic amines is 2. The number of imidazole rings is 1. The van der Waals surface area contributed by atoms with E-state index in [1.807, 2.05) is 19.9 Å². The average molecular weight is 1170 g/mol. The summed E-state index contributed by atoms with van der Waals surface area (Å²) >= 11 is 0. The molecule has 454 valence electrons. The van der Waals surface area contributed by atoms with E-state index in [4.69, 9.17) is 11.5 Å². The quantitative estimate of drug-likeness (QED) is 0.0146. The maximum Gasteiger partial charge on any atom is 0.245 e. The zero-order valence-corrected chi connectivity index (χ0v) is 47.5. The van der Waals surface area contributed by atoms with Crippen molar-refractivity contribution in [2.75, 3.05) is 26.2 Å². The molecule has 0 aliphatic carbocycles. The van der Waals surface area contributed by atoms with E-state index in [0.29, 0.717) is 41.6 Å². The number of nitrogens with two attached hydrogens (primary N) is 2. The van der Waals surface area contributed by atoms with E-state index < -0.39 is 108 Å². The first-order chi connectivity index (χ1) is 40.1. The molecule has 10 amide bonds. The fourth-order valence-corrected chi connectivity index (χ4v) is 9.93. The van der Waals surface area contributed by atoms with Crippen LogP contribution in [0.2, 0.25) is 0 Å². The summed E-state index contributed by atoms with van der Waals surface area (Å²) in [5.41, 5.74) is 13.2. The number of aromatic nitrogens is 3. The summed E-state index contributed by atoms with van der Waals surface area (Å²) in [6, 6.07) is 1.50. The van der Waals surface area contributed by atoms with Crippen LogP contribution in [0.3, 0.4) is 0 Å². The molecule has 0 saturated carbocycles. The summed E-state index contributed by atoms with van der Waals surface area (Å²) in [4.78, 5) is 153. The third-order valence-corrected chi connectivity index (χ3v) is 14.3. The molecular weight excluding hydrogens is 1090 g/mol. The molecule has 4 aromatic rings. The van der Waals surface area contributed by atoms with Crippen molar-refractivity contribution in [3.05, 3.63) is 84.1 Å². The van der Waals surface area contributed by atoms with Gasteiger partial charge in [0.25, 0.3) is 0 Å². The van der Waals surface area contributed by atoms with Gasteiger partial charge in [-0.3, -0.25) is 52.9 Å². The summed E-state index contributed by atoms with van der Waals surface area (Å²) in [5.74, 6) is -7.43. The van der Waals surface area contributed by atoms with E-state index in [-0.39, 0.29) is 93.9 Å². The van der Waals surface area contributed by atoms with E-state index in [2.05, 4.69) is 67.8 Å². The normalized spacial score (nSPS) is 17.3. The molecule has 84 heavy (non-hydrogen) atoms. The van der Waals surface area contributed by atoms with Gasteiger partial charge in [0.15, 0.2) is 5.96 Å². The van der Waals surface area contributed by atoms with Crippen molar-refractivity contribution in [3.63, 3.8) is 0 Å². The van der Waals surface area contributed by atoms with Crippen LogP contribution in [0.15, 0.2) is 72.2 Å². The molecule has 2 aliphatic heterocycles. The minimum atomic E-state index is -1.75. The number of phenols is 1. The SMILES string of the molecule is CCNC(=O)[C@@H]1CCCN1C(=O)[C@H](CCCN=C(N)N)NC(=O)[C@H](CC(C)C)NC(=O)[C@@H](C)NC(=O)[C@H](Cc1ccc(O)cc1)NC(=O)[C@H](CO)NC(=O)[C@H](Cc1c[nH]c2ccccc12)NC(=O)[C@H](Cc1cnc[nH]1)NC(=O)[C@@H]1CCC(=O)N1. The first-order valence-electron chi connectivity index (χ1n) is 28.1. The summed E-state index contributed by atoms with van der Waals surface area (Å²) < 4.78 is 0. The average Bonchev–Trinajstić information content (AvgIpc) is 4.48. The lowest BCUT2D eigenvalue weighted by Crippen LogP contribution is -2.61. The summed E-state index contributed by atoms with van der Waals surface area (Å²) in [6.07, 6.45) is 5.75. The number of carbonyl (C=O) groups excluding carboxylic acids is 10. The van der Waals surface area contributed by atoms with E-state index in [9.17, 15) is 58.2 Å². The van der Waals surface area contributed by atoms with Gasteiger partial charge in [-0.15, -0.1) is 0 Å². The minimum Gasteiger partial charge on any atom is -0.508 e. The Labute approximate surface area is 485 Å². The number of nitrogens with zero attached hydrogens (tertiary/aromatic N) is 3. The Balaban J connectivity index is 1.18. The predicted molar refractivity (Wildman–Crippen MR) is 306 cm³/mol. The maximum atomic E-state index is 14.5. The molecule has 17 N–H and O–H groups in total. The number of H-pyrrole nitrogens is 2. The number of hydrogen-bond acceptors (Lipinski definition) is 14. The lowest BCUT2D eigenvalue weighted by molar-refractivity contribution is -0.142. The number of aliphatic imine (C=N–C) groups is 1. The Bertz CT molecular complexity index is 2980. The molecule has 28 heteroatoms. The minimum absolute atomic E-state index is 0.0879. The van der Waals surface area contributed by atoms with Crippen LogP contribution in [-0.2, 0) is 67.2 Å². The highest BCUT2D eigenvalue weighted by Crippen LogP contribution is 2.22. The predicted octanol–water partition coefficient (Wildman–Crippen LogP) is -2.46. The number of amides is 10. The number of rotatable bonds is 30. The van der Waals surface area contributed by atoms with E-state index in [0.717, 1.165) is 5.52 Å². The molecule has 0 radical (unpaired) electrons. The second-order valence-corrected chi connectivity index (χ2v) is 21.3. The standard InChI is InChI=1S/C56H78N16O12/c1-5-60-54(83)45-13-9-21-72(45)55(84)39(12-8-20-61-56(57)58)66-50(79)40(22-30(2)3)67-47(76)31(4)64-49(78)41(23-32-14-16-35(74)17-15-32)68-53(82)44(28-73)71-51(80)42(24-33-26-62-37-11-7-6-10-36(33)37)69-52(81)43(25-34-27-59-29-63-34)70-48(77)38-18-19-46(75)65-38/h6-7,10-11,14-17,26-27,29-31,38-45,62,73-74H,5,8-9,12-13,18-25,28H2,1-4H3,(H,59,63)(H,60,83)(H,64,78)(H,65,75)(H,66,79)(H,67,76)(H,68,82)(H,69,81)(H,70,77)(H,71,80)(H4,57,58,61)/t31-,38+,39+,40+,41+,42+,43+,44+,45+/m1/s1. The number of aliphatic hydroxyl groups excluding tert-OH is 1. The first-order valence-corrected chi connectivity index (χ1v) is 28.1. The summed E-state index contributed by atoms with van der Waals surface area (Å²) in [5, 5.41) is 45.3. The van der Waals surface area contributed by atoms with Crippen molar-refractivity contribution < 1.29 is 58.2 Å². The van der Waals surface area contributed by atoms with Crippen LogP contribution in [0, 0.1) is 5.92 Å². The molecule has 0 unspecified atom stereocenters. The molecule has 6 rings (SSSR count). The largest absolute Gasteiger partial charge is 0.508 e. The molecule has 2 aromatic heterocycles. The lowest BCUT2D eigenvalue weighted by atomic mass is 10.0. The molecule has 9 atom stereocenters. The number of likely N-dealkylation sites (tertiary alicyclic amines) is 1. The van der Waals surface area contributed by atoms with Crippen LogP contribution in [0.1, 0.15) is 89.5 Å². The molecule has 28 nitrogen and oxygen atoms in total. The number of fused-ring (bicyclic) bond motifs is 1. The fourth-order valence-electron chi connectivity index (χ4n) is 9.93. The Morgan fingerprint density at radius 3 is 2.01 bits per heavy atom. The van der Waals surface area contributed by atoms with E-state index in [1.54, 1.807) is 31.3 Å². The highest BCUT2D eigenvalue weighted by atomic mass is 16.3. The van der Waals surface area contributed by atoms with E-state index in [1.165, 1.54) is 48.6 Å². The molecule has 4 heterocycles. The van der Waals surface area contributed by atoms with Crippen molar-refractivity contribution in [1.29, 1.82) is 0 Å². The number of likely N-dealkylation sites (N-methyl/N-ethyl adjacent to an activating group) is 1. The second-order valence-electron chi connectivity index (χ2n) is 21.3. The van der Waals surface area contributed by atoms with Gasteiger partial charge in [0.05, 0.1) is 12.9 Å². The molecular formula is C56H78N16O12. The highest BCUT2D eigenvalue weighted by molar-refractivity contribution is 5.99. The van der Waals surface area contributed by atoms with Crippen LogP contribution in [-0.4, -0.2) is 176 Å². The number of carbonyl (C=O) groups is 10. The Morgan fingerprint density at radius 2 is 1.37 bits per heavy atom. The topological polar surface area (TPSA) is 432 Å². The zero-order chi connectivity index (χ0) is 61.0. The van der Waals surface area contributed by atoms with Crippen LogP contribution in [0.5, 0.6) is 5.75 Å². The van der Waals surface area contributed by atoms with Gasteiger partial charge in [-0.1, -0.05) is 44.2 Å². The first kappa shape index (κ1) is 64.1. The summed E-state index contributed by atoms with van der Waals surface area (Å²) in [6.45, 7) is 6.52. The maximum absolute atomic E-state index is 14.5. The van der Waals surface area contributed by atoms with Crippen molar-refractivity contribution in [2.24, 2.45) is 22.4 Å². The zero-order valence-electron chi connectivity index (χ0n) is 47.5. The molecule has 2 aliphatic rings. The fraction of sp³-hybridized carbons (Fsp3) is 0.500. The van der Waals surface area contributed by atoms with Crippen molar-refractivity contribution >= 4 is 75.9 Å². The number of hydrogen-bond donors (Lipinski definition) is 15. The monoisotopic (exact) mass is 1170 g/mol. The lowest BCUT2D eigenvalue weighted by Gasteiger charge is -2.30. The van der Waals surface area contributed by atoms with Gasteiger partial charge in [0.1, 0.15) is 60.1 Å². The Kier molecular flexibility index (Phi) is 23.5. The number of aliphatic hydroxyl groups is 1. The van der Waals surface area contributed by atoms with Gasteiger partial charge in [0, 0.05) is 74.3 Å². The van der Waals surface area contributed by atoms with Gasteiger partial charge in [-0.25, -0.2) is 4.98 Å². The van der Waals surface area contributed by atoms with Gasteiger partial charge in [-0.2, -0.15) is 0 Å². The smallest absolute Gasteiger partial charge is 0.245 e. The second kappa shape index (κ2) is 30.8. The van der Waals surface area contributed by atoms with E-state index >= 15 is 0 Å².